The van der Waals surface area contributed by atoms with Gasteiger partial charge in [-0.05, 0) is 18.1 Å². The number of hydrogen-bond acceptors (Lipinski definition) is 2. The van der Waals surface area contributed by atoms with Gasteiger partial charge in [-0.15, -0.1) is 0 Å². The van der Waals surface area contributed by atoms with Crippen LogP contribution in [-0.4, -0.2) is 17.4 Å². The first kappa shape index (κ1) is 14.8. The summed E-state index contributed by atoms with van der Waals surface area (Å²) < 4.78 is 0. The average molecular weight is 294 g/mol. The van der Waals surface area contributed by atoms with Gasteiger partial charge in [0.15, 0.2) is 0 Å². The Morgan fingerprint density at radius 2 is 1.55 bits per heavy atom. The zero-order chi connectivity index (χ0) is 15.5. The number of rotatable bonds is 4. The van der Waals surface area contributed by atoms with Crippen LogP contribution in [0.3, 0.4) is 0 Å². The van der Waals surface area contributed by atoms with E-state index in [9.17, 15) is 4.79 Å². The van der Waals surface area contributed by atoms with Crippen LogP contribution in [-0.2, 0) is 4.79 Å². The molecule has 1 amide bonds. The van der Waals surface area contributed by atoms with Crippen molar-refractivity contribution in [2.75, 3.05) is 6.54 Å². The van der Waals surface area contributed by atoms with E-state index in [1.807, 2.05) is 53.4 Å². The first-order valence-electron chi connectivity index (χ1n) is 7.81. The fourth-order valence-corrected chi connectivity index (χ4v) is 3.23. The first-order valence-corrected chi connectivity index (χ1v) is 7.81. The highest BCUT2D eigenvalue weighted by Gasteiger charge is 2.36. The van der Waals surface area contributed by atoms with Crippen molar-refractivity contribution in [3.8, 4) is 0 Å². The second-order valence-corrected chi connectivity index (χ2v) is 6.03. The van der Waals surface area contributed by atoms with E-state index in [0.717, 1.165) is 12.1 Å². The van der Waals surface area contributed by atoms with E-state index < -0.39 is 0 Å². The Hall–Kier alpha value is -2.13. The van der Waals surface area contributed by atoms with Crippen LogP contribution in [0.1, 0.15) is 36.6 Å². The summed E-state index contributed by atoms with van der Waals surface area (Å²) in [5, 5.41) is 0. The fraction of sp³-hybridized carbons (Fsp3) is 0.316. The van der Waals surface area contributed by atoms with E-state index in [2.05, 4.69) is 19.1 Å². The molecule has 1 saturated heterocycles. The van der Waals surface area contributed by atoms with Gasteiger partial charge in [-0.25, -0.2) is 0 Å². The van der Waals surface area contributed by atoms with Crippen molar-refractivity contribution in [2.45, 2.75) is 25.4 Å². The monoisotopic (exact) mass is 294 g/mol. The Balaban J connectivity index is 1.73. The molecule has 2 N–H and O–H groups in total. The van der Waals surface area contributed by atoms with E-state index in [1.54, 1.807) is 0 Å². The molecule has 2 aromatic carbocycles. The SMILES string of the molecule is C[C@H](c1ccccc1)N1C[C@H](C(N)c2ccccc2)CC1=O. The number of hydrogen-bond donors (Lipinski definition) is 1. The lowest BCUT2D eigenvalue weighted by molar-refractivity contribution is -0.129. The lowest BCUT2D eigenvalue weighted by atomic mass is 9.93. The predicted molar refractivity (Wildman–Crippen MR) is 88.0 cm³/mol. The summed E-state index contributed by atoms with van der Waals surface area (Å²) in [6, 6.07) is 20.2. The zero-order valence-electron chi connectivity index (χ0n) is 12.9. The highest BCUT2D eigenvalue weighted by molar-refractivity contribution is 5.79. The van der Waals surface area contributed by atoms with Gasteiger partial charge in [0.05, 0.1) is 6.04 Å². The van der Waals surface area contributed by atoms with E-state index >= 15 is 0 Å². The van der Waals surface area contributed by atoms with Crippen LogP contribution in [0.5, 0.6) is 0 Å². The van der Waals surface area contributed by atoms with Gasteiger partial charge in [-0.1, -0.05) is 60.7 Å². The van der Waals surface area contributed by atoms with E-state index in [0.29, 0.717) is 6.42 Å². The summed E-state index contributed by atoms with van der Waals surface area (Å²) in [5.41, 5.74) is 8.66. The molecule has 1 fully saturated rings. The maximum absolute atomic E-state index is 12.4. The predicted octanol–water partition coefficient (Wildman–Crippen LogP) is 3.30. The third kappa shape index (κ3) is 2.90. The van der Waals surface area contributed by atoms with Gasteiger partial charge in [0.1, 0.15) is 0 Å². The Morgan fingerprint density at radius 3 is 2.14 bits per heavy atom. The molecule has 3 nitrogen and oxygen atoms in total. The summed E-state index contributed by atoms with van der Waals surface area (Å²) in [6.07, 6.45) is 0.535. The van der Waals surface area contributed by atoms with Crippen LogP contribution < -0.4 is 5.73 Å². The highest BCUT2D eigenvalue weighted by Crippen LogP contribution is 2.33. The number of nitrogens with two attached hydrogens (primary N) is 1. The van der Waals surface area contributed by atoms with Crippen LogP contribution >= 0.6 is 0 Å². The maximum Gasteiger partial charge on any atom is 0.223 e. The number of nitrogens with zero attached hydrogens (tertiary/aromatic N) is 1. The van der Waals surface area contributed by atoms with Crippen LogP contribution in [0, 0.1) is 5.92 Å². The van der Waals surface area contributed by atoms with E-state index in [1.165, 1.54) is 5.56 Å². The lowest BCUT2D eigenvalue weighted by Gasteiger charge is -2.26. The lowest BCUT2D eigenvalue weighted by Crippen LogP contribution is -2.30. The number of carbonyl (C=O) groups excluding carboxylic acids is 1. The van der Waals surface area contributed by atoms with Crippen molar-refractivity contribution in [2.24, 2.45) is 11.7 Å². The van der Waals surface area contributed by atoms with E-state index in [4.69, 9.17) is 5.73 Å². The molecule has 0 aromatic heterocycles. The third-order valence-corrected chi connectivity index (χ3v) is 4.63. The van der Waals surface area contributed by atoms with Gasteiger partial charge in [0.2, 0.25) is 5.91 Å². The average Bonchev–Trinajstić information content (AvgIpc) is 2.97. The molecule has 0 bridgehead atoms. The van der Waals surface area contributed by atoms with Gasteiger partial charge < -0.3 is 10.6 Å². The summed E-state index contributed by atoms with van der Waals surface area (Å²) in [5.74, 6) is 0.383. The Labute approximate surface area is 131 Å². The molecule has 2 aromatic rings. The fourth-order valence-electron chi connectivity index (χ4n) is 3.23. The quantitative estimate of drug-likeness (QED) is 0.940. The molecule has 3 heteroatoms. The molecule has 0 saturated carbocycles. The van der Waals surface area contributed by atoms with Crippen molar-refractivity contribution < 1.29 is 4.79 Å². The number of carbonyl (C=O) groups is 1. The molecule has 114 valence electrons. The summed E-state index contributed by atoms with van der Waals surface area (Å²) in [7, 11) is 0. The second-order valence-electron chi connectivity index (χ2n) is 6.03. The maximum atomic E-state index is 12.4. The molecule has 1 unspecified atom stereocenters. The minimum absolute atomic E-state index is 0.0851. The molecule has 1 aliphatic heterocycles. The molecular weight excluding hydrogens is 272 g/mol. The largest absolute Gasteiger partial charge is 0.336 e. The van der Waals surface area contributed by atoms with Gasteiger partial charge in [0, 0.05) is 24.9 Å². The molecule has 22 heavy (non-hydrogen) atoms. The van der Waals surface area contributed by atoms with Gasteiger partial charge in [-0.2, -0.15) is 0 Å². The van der Waals surface area contributed by atoms with Crippen LogP contribution in [0.25, 0.3) is 0 Å². The number of likely N-dealkylation sites (tertiary alicyclic amines) is 1. The van der Waals surface area contributed by atoms with E-state index in [-0.39, 0.29) is 23.9 Å². The summed E-state index contributed by atoms with van der Waals surface area (Å²) in [6.45, 7) is 2.81. The smallest absolute Gasteiger partial charge is 0.223 e. The molecule has 3 atom stereocenters. The standard InChI is InChI=1S/C19H22N2O/c1-14(15-8-4-2-5-9-15)21-13-17(12-18(21)22)19(20)16-10-6-3-7-11-16/h2-11,14,17,19H,12-13,20H2,1H3/t14-,17-,19?/m1/s1. The minimum atomic E-state index is -0.0851. The molecule has 1 aliphatic rings. The first-order chi connectivity index (χ1) is 10.7. The number of amides is 1. The van der Waals surface area contributed by atoms with Crippen LogP contribution in [0.15, 0.2) is 60.7 Å². The summed E-state index contributed by atoms with van der Waals surface area (Å²) >= 11 is 0. The zero-order valence-corrected chi connectivity index (χ0v) is 12.9. The highest BCUT2D eigenvalue weighted by atomic mass is 16.2. The summed E-state index contributed by atoms with van der Waals surface area (Å²) in [4.78, 5) is 14.4. The van der Waals surface area contributed by atoms with Crippen molar-refractivity contribution >= 4 is 5.91 Å². The molecule has 0 radical (unpaired) electrons. The normalized spacial score (nSPS) is 20.9. The van der Waals surface area contributed by atoms with Gasteiger partial charge in [0.25, 0.3) is 0 Å². The van der Waals surface area contributed by atoms with Gasteiger partial charge in [-0.3, -0.25) is 4.79 Å². The Bertz CT molecular complexity index is 626. The van der Waals surface area contributed by atoms with Crippen molar-refractivity contribution in [3.05, 3.63) is 71.8 Å². The second kappa shape index (κ2) is 6.32. The molecule has 0 aliphatic carbocycles. The van der Waals surface area contributed by atoms with Gasteiger partial charge >= 0.3 is 0 Å². The molecular formula is C19H22N2O. The number of benzene rings is 2. The van der Waals surface area contributed by atoms with Crippen LogP contribution in [0.2, 0.25) is 0 Å². The van der Waals surface area contributed by atoms with Crippen molar-refractivity contribution in [1.29, 1.82) is 0 Å². The Kier molecular flexibility index (Phi) is 4.25. The third-order valence-electron chi connectivity index (χ3n) is 4.63. The molecule has 1 heterocycles. The van der Waals surface area contributed by atoms with Crippen LogP contribution in [0.4, 0.5) is 0 Å². The molecule has 3 rings (SSSR count). The van der Waals surface area contributed by atoms with Crippen molar-refractivity contribution in [1.82, 2.24) is 4.90 Å². The van der Waals surface area contributed by atoms with Crippen molar-refractivity contribution in [3.63, 3.8) is 0 Å². The minimum Gasteiger partial charge on any atom is -0.336 e. The molecule has 0 spiro atoms. The Morgan fingerprint density at radius 1 is 1.00 bits per heavy atom. The topological polar surface area (TPSA) is 46.3 Å².